The molecule has 0 spiro atoms. The molecule has 7 nitrogen and oxygen atoms in total. The van der Waals surface area contributed by atoms with E-state index in [1.54, 1.807) is 11.9 Å². The van der Waals surface area contributed by atoms with Crippen molar-refractivity contribution in [2.45, 2.75) is 63.6 Å². The van der Waals surface area contributed by atoms with Gasteiger partial charge in [-0.2, -0.15) is 0 Å². The minimum atomic E-state index is 0.0141. The lowest BCUT2D eigenvalue weighted by Gasteiger charge is -2.42. The summed E-state index contributed by atoms with van der Waals surface area (Å²) >= 11 is 1.61. The molecule has 160 valence electrons. The van der Waals surface area contributed by atoms with Gasteiger partial charge >= 0.3 is 6.03 Å². The number of nitrogens with one attached hydrogen (secondary N) is 4. The maximum Gasteiger partial charge on any atom is 0.317 e. The van der Waals surface area contributed by atoms with Gasteiger partial charge in [-0.25, -0.2) is 4.79 Å². The Hall–Kier alpha value is -1.25. The summed E-state index contributed by atoms with van der Waals surface area (Å²) in [6.45, 7) is 3.96. The number of likely N-dealkylation sites (tertiary alicyclic amines) is 1. The number of carbonyl (C=O) groups excluding carboxylic acids is 1. The topological polar surface area (TPSA) is 89.5 Å². The largest absolute Gasteiger partial charge is 0.394 e. The van der Waals surface area contributed by atoms with Crippen molar-refractivity contribution >= 4 is 24.2 Å². The molecule has 0 radical (unpaired) electrons. The van der Waals surface area contributed by atoms with Crippen molar-refractivity contribution in [1.82, 2.24) is 20.3 Å². The minimum Gasteiger partial charge on any atom is -0.394 e. The number of rotatable bonds is 9. The SMILES string of the molecule is CCNC(=O)N1CCCC(NSC)[C@@H]1CO[C@H]1CC[C@@H](/C(C=N)=C/NC)CC1. The van der Waals surface area contributed by atoms with Gasteiger partial charge in [0.05, 0.1) is 18.8 Å². The predicted octanol–water partition coefficient (Wildman–Crippen LogP) is 2.74. The van der Waals surface area contributed by atoms with Crippen LogP contribution < -0.4 is 15.4 Å². The van der Waals surface area contributed by atoms with E-state index in [9.17, 15) is 4.79 Å². The van der Waals surface area contributed by atoms with E-state index in [4.69, 9.17) is 10.1 Å². The lowest BCUT2D eigenvalue weighted by molar-refractivity contribution is -0.0188. The number of hydrogen-bond donors (Lipinski definition) is 4. The third-order valence-corrected chi connectivity index (χ3v) is 6.30. The van der Waals surface area contributed by atoms with Crippen LogP contribution >= 0.6 is 11.9 Å². The third kappa shape index (κ3) is 6.39. The minimum absolute atomic E-state index is 0.0141. The third-order valence-electron chi connectivity index (χ3n) is 5.76. The molecule has 1 saturated carbocycles. The van der Waals surface area contributed by atoms with Crippen LogP contribution in [0.1, 0.15) is 45.4 Å². The van der Waals surface area contributed by atoms with Gasteiger partial charge < -0.3 is 25.7 Å². The first kappa shape index (κ1) is 23.0. The number of nitrogens with zero attached hydrogens (tertiary/aromatic N) is 1. The highest BCUT2D eigenvalue weighted by molar-refractivity contribution is 7.96. The summed E-state index contributed by atoms with van der Waals surface area (Å²) in [4.78, 5) is 14.5. The molecular formula is C20H37N5O2S. The Kier molecular flexibility index (Phi) is 10.2. The van der Waals surface area contributed by atoms with Gasteiger partial charge in [-0.05, 0) is 63.2 Å². The number of carbonyl (C=O) groups is 1. The van der Waals surface area contributed by atoms with Crippen LogP contribution in [-0.2, 0) is 4.74 Å². The second-order valence-electron chi connectivity index (χ2n) is 7.55. The maximum absolute atomic E-state index is 12.5. The average molecular weight is 412 g/mol. The van der Waals surface area contributed by atoms with Crippen LogP contribution in [0, 0.1) is 11.3 Å². The number of allylic oxidation sites excluding steroid dienone is 1. The van der Waals surface area contributed by atoms with E-state index < -0.39 is 0 Å². The van der Waals surface area contributed by atoms with Gasteiger partial charge in [0.25, 0.3) is 0 Å². The van der Waals surface area contributed by atoms with Crippen molar-refractivity contribution in [1.29, 1.82) is 5.41 Å². The maximum atomic E-state index is 12.5. The number of hydrogen-bond acceptors (Lipinski definition) is 6. The van der Waals surface area contributed by atoms with Crippen LogP contribution in [-0.4, -0.2) is 68.3 Å². The molecule has 1 aliphatic carbocycles. The molecule has 1 saturated heterocycles. The lowest BCUT2D eigenvalue weighted by atomic mass is 9.83. The fraction of sp³-hybridized carbons (Fsp3) is 0.800. The summed E-state index contributed by atoms with van der Waals surface area (Å²) in [5.41, 5.74) is 1.07. The zero-order chi connectivity index (χ0) is 20.4. The summed E-state index contributed by atoms with van der Waals surface area (Å²) in [7, 11) is 1.88. The Morgan fingerprint density at radius 2 is 2.04 bits per heavy atom. The molecule has 0 bridgehead atoms. The van der Waals surface area contributed by atoms with E-state index in [0.717, 1.165) is 50.6 Å². The molecule has 4 N–H and O–H groups in total. The standard InChI is InChI=1S/C20H37N5O2S/c1-4-23-20(26)25-11-5-6-18(24-28-3)19(25)14-27-17-9-7-15(8-10-17)16(12-21)13-22-2/h12-13,15,17-19,21-22,24H,4-11,14H2,1-3H3,(H,23,26)/b16-13+,21-12?/t15-,17+,18?,19-/m0/s1. The first-order valence-electron chi connectivity index (χ1n) is 10.5. The Morgan fingerprint density at radius 3 is 2.64 bits per heavy atom. The van der Waals surface area contributed by atoms with E-state index in [-0.39, 0.29) is 24.2 Å². The second kappa shape index (κ2) is 12.3. The van der Waals surface area contributed by atoms with Crippen LogP contribution in [0.3, 0.4) is 0 Å². The molecule has 28 heavy (non-hydrogen) atoms. The van der Waals surface area contributed by atoms with Crippen molar-refractivity contribution in [3.8, 4) is 0 Å². The van der Waals surface area contributed by atoms with Gasteiger partial charge in [0.15, 0.2) is 0 Å². The summed E-state index contributed by atoms with van der Waals surface area (Å²) < 4.78 is 9.78. The zero-order valence-corrected chi connectivity index (χ0v) is 18.3. The highest BCUT2D eigenvalue weighted by Gasteiger charge is 2.35. The van der Waals surface area contributed by atoms with Crippen LogP contribution in [0.5, 0.6) is 0 Å². The van der Waals surface area contributed by atoms with Gasteiger partial charge in [-0.3, -0.25) is 4.72 Å². The Labute approximate surface area is 174 Å². The van der Waals surface area contributed by atoms with Crippen LogP contribution in [0.25, 0.3) is 0 Å². The fourth-order valence-corrected chi connectivity index (χ4v) is 4.88. The molecule has 2 atom stereocenters. The normalized spacial score (nSPS) is 28.7. The van der Waals surface area contributed by atoms with E-state index >= 15 is 0 Å². The predicted molar refractivity (Wildman–Crippen MR) is 117 cm³/mol. The molecular weight excluding hydrogens is 374 g/mol. The highest BCUT2D eigenvalue weighted by Crippen LogP contribution is 2.31. The fourth-order valence-electron chi connectivity index (χ4n) is 4.30. The summed E-state index contributed by atoms with van der Waals surface area (Å²) in [6, 6.07) is 0.331. The van der Waals surface area contributed by atoms with E-state index in [2.05, 4.69) is 15.4 Å². The molecule has 1 aliphatic heterocycles. The van der Waals surface area contributed by atoms with Crippen LogP contribution in [0.2, 0.25) is 0 Å². The van der Waals surface area contributed by atoms with Gasteiger partial charge in [0.1, 0.15) is 0 Å². The van der Waals surface area contributed by atoms with Gasteiger partial charge in [-0.15, -0.1) is 0 Å². The van der Waals surface area contributed by atoms with Crippen LogP contribution in [0.4, 0.5) is 4.79 Å². The second-order valence-corrected chi connectivity index (χ2v) is 8.20. The molecule has 8 heteroatoms. The van der Waals surface area contributed by atoms with E-state index in [0.29, 0.717) is 19.1 Å². The monoisotopic (exact) mass is 411 g/mol. The number of urea groups is 1. The van der Waals surface area contributed by atoms with Crippen molar-refractivity contribution in [2.24, 2.45) is 5.92 Å². The summed E-state index contributed by atoms with van der Waals surface area (Å²) in [5.74, 6) is 0.442. The number of ether oxygens (including phenoxy) is 1. The summed E-state index contributed by atoms with van der Waals surface area (Å²) in [6.07, 6.45) is 11.9. The molecule has 0 aromatic carbocycles. The average Bonchev–Trinajstić information content (AvgIpc) is 2.72. The Bertz CT molecular complexity index is 521. The van der Waals surface area contributed by atoms with E-state index in [1.807, 2.05) is 31.3 Å². The van der Waals surface area contributed by atoms with Crippen molar-refractivity contribution in [3.05, 3.63) is 11.8 Å². The van der Waals surface area contributed by atoms with Gasteiger partial charge in [0.2, 0.25) is 0 Å². The molecule has 1 unspecified atom stereocenters. The molecule has 0 aromatic heterocycles. The van der Waals surface area contributed by atoms with Gasteiger partial charge in [-0.1, -0.05) is 11.9 Å². The lowest BCUT2D eigenvalue weighted by Crippen LogP contribution is -2.59. The molecule has 2 amide bonds. The zero-order valence-electron chi connectivity index (χ0n) is 17.5. The molecule has 0 aromatic rings. The summed E-state index contributed by atoms with van der Waals surface area (Å²) in [5, 5.41) is 13.6. The van der Waals surface area contributed by atoms with E-state index in [1.165, 1.54) is 6.21 Å². The van der Waals surface area contributed by atoms with Gasteiger partial charge in [0, 0.05) is 38.6 Å². The Balaban J connectivity index is 1.91. The number of piperidine rings is 1. The number of amides is 2. The highest BCUT2D eigenvalue weighted by atomic mass is 32.2. The smallest absolute Gasteiger partial charge is 0.317 e. The Morgan fingerprint density at radius 1 is 1.29 bits per heavy atom. The quantitative estimate of drug-likeness (QED) is 0.346. The van der Waals surface area contributed by atoms with Crippen molar-refractivity contribution < 1.29 is 9.53 Å². The molecule has 1 heterocycles. The van der Waals surface area contributed by atoms with Crippen molar-refractivity contribution in [3.63, 3.8) is 0 Å². The van der Waals surface area contributed by atoms with Crippen molar-refractivity contribution in [2.75, 3.05) is 33.0 Å². The molecule has 2 rings (SSSR count). The first-order chi connectivity index (χ1) is 13.6. The molecule has 2 fully saturated rings. The molecule has 2 aliphatic rings. The first-order valence-corrected chi connectivity index (χ1v) is 11.7. The van der Waals surface area contributed by atoms with Crippen LogP contribution in [0.15, 0.2) is 11.8 Å².